The van der Waals surface area contributed by atoms with Crippen LogP contribution in [0.5, 0.6) is 0 Å². The fraction of sp³-hybridized carbons (Fsp3) is 0.778. The number of carbonyl (C=O) groups is 1. The zero-order valence-electron chi connectivity index (χ0n) is 8.47. The maximum atomic E-state index is 11.7. The minimum atomic E-state index is -0.222. The first-order valence-electron chi connectivity index (χ1n) is 4.43. The Morgan fingerprint density at radius 2 is 2.08 bits per heavy atom. The van der Waals surface area contributed by atoms with Crippen LogP contribution >= 0.6 is 15.9 Å². The van der Waals surface area contributed by atoms with E-state index >= 15 is 0 Å². The smallest absolute Gasteiger partial charge is 0.262 e. The third-order valence-electron chi connectivity index (χ3n) is 1.94. The zero-order valence-corrected chi connectivity index (χ0v) is 10.1. The van der Waals surface area contributed by atoms with Crippen LogP contribution in [0, 0.1) is 0 Å². The Kier molecular flexibility index (Phi) is 2.80. The Labute approximate surface area is 87.3 Å². The summed E-state index contributed by atoms with van der Waals surface area (Å²) >= 11 is 3.34. The number of carbonyl (C=O) groups excluding carboxylic acids is 1. The van der Waals surface area contributed by atoms with Gasteiger partial charge < -0.3 is 0 Å². The van der Waals surface area contributed by atoms with Crippen molar-refractivity contribution in [1.29, 1.82) is 0 Å². The van der Waals surface area contributed by atoms with Gasteiger partial charge in [0.1, 0.15) is 4.83 Å². The molecule has 0 spiro atoms. The molecule has 1 atom stereocenters. The summed E-state index contributed by atoms with van der Waals surface area (Å²) in [5, 5.41) is 5.85. The molecule has 0 fully saturated rings. The molecule has 0 radical (unpaired) electrons. The van der Waals surface area contributed by atoms with Gasteiger partial charge in [-0.15, -0.1) is 0 Å². The van der Waals surface area contributed by atoms with E-state index in [1.807, 2.05) is 27.7 Å². The highest BCUT2D eigenvalue weighted by Gasteiger charge is 2.38. The van der Waals surface area contributed by atoms with Gasteiger partial charge in [-0.1, -0.05) is 22.9 Å². The fourth-order valence-corrected chi connectivity index (χ4v) is 1.82. The number of hydrazone groups is 1. The Hall–Kier alpha value is -0.380. The van der Waals surface area contributed by atoms with Crippen LogP contribution in [0.3, 0.4) is 0 Å². The van der Waals surface area contributed by atoms with Crippen LogP contribution in [0.2, 0.25) is 0 Å². The predicted molar refractivity (Wildman–Crippen MR) is 57.0 cm³/mol. The van der Waals surface area contributed by atoms with Gasteiger partial charge in [-0.05, 0) is 27.2 Å². The van der Waals surface area contributed by atoms with Gasteiger partial charge in [0.25, 0.3) is 5.91 Å². The minimum absolute atomic E-state index is 0.0457. The molecule has 1 unspecified atom stereocenters. The quantitative estimate of drug-likeness (QED) is 0.653. The molecule has 1 rings (SSSR count). The second-order valence-corrected chi connectivity index (χ2v) is 5.04. The SMILES string of the molecule is CCC1=NN(C(C)(C)C)C(=O)C1Br. The molecule has 74 valence electrons. The Balaban J connectivity index is 2.92. The lowest BCUT2D eigenvalue weighted by Crippen LogP contribution is -2.41. The summed E-state index contributed by atoms with van der Waals surface area (Å²) in [6.45, 7) is 7.94. The molecule has 0 aliphatic carbocycles. The summed E-state index contributed by atoms with van der Waals surface area (Å²) in [6, 6.07) is 0. The summed E-state index contributed by atoms with van der Waals surface area (Å²) < 4.78 is 0. The van der Waals surface area contributed by atoms with Gasteiger partial charge in [-0.25, -0.2) is 5.01 Å². The van der Waals surface area contributed by atoms with Crippen LogP contribution in [-0.4, -0.2) is 27.0 Å². The molecule has 1 aliphatic heterocycles. The van der Waals surface area contributed by atoms with Crippen LogP contribution in [0.1, 0.15) is 34.1 Å². The largest absolute Gasteiger partial charge is 0.271 e. The van der Waals surface area contributed by atoms with Gasteiger partial charge in [0.05, 0.1) is 11.3 Å². The van der Waals surface area contributed by atoms with E-state index in [-0.39, 0.29) is 16.3 Å². The first-order valence-corrected chi connectivity index (χ1v) is 5.35. The number of hydrogen-bond donors (Lipinski definition) is 0. The molecule has 0 aromatic heterocycles. The number of rotatable bonds is 1. The summed E-state index contributed by atoms with van der Waals surface area (Å²) in [5.41, 5.74) is 0.694. The van der Waals surface area contributed by atoms with E-state index in [9.17, 15) is 4.79 Å². The fourth-order valence-electron chi connectivity index (χ4n) is 1.21. The highest BCUT2D eigenvalue weighted by atomic mass is 79.9. The number of alkyl halides is 1. The molecule has 0 aromatic rings. The molecule has 0 saturated carbocycles. The Morgan fingerprint density at radius 3 is 2.31 bits per heavy atom. The van der Waals surface area contributed by atoms with Crippen molar-refractivity contribution in [1.82, 2.24) is 5.01 Å². The van der Waals surface area contributed by atoms with E-state index in [1.54, 1.807) is 5.01 Å². The van der Waals surface area contributed by atoms with Gasteiger partial charge in [-0.3, -0.25) is 4.79 Å². The van der Waals surface area contributed by atoms with Crippen LogP contribution in [-0.2, 0) is 4.79 Å². The van der Waals surface area contributed by atoms with Crippen molar-refractivity contribution in [3.05, 3.63) is 0 Å². The van der Waals surface area contributed by atoms with E-state index in [4.69, 9.17) is 0 Å². The monoisotopic (exact) mass is 246 g/mol. The van der Waals surface area contributed by atoms with E-state index in [1.165, 1.54) is 0 Å². The number of halogens is 1. The number of hydrogen-bond acceptors (Lipinski definition) is 2. The van der Waals surface area contributed by atoms with Crippen molar-refractivity contribution in [2.45, 2.75) is 44.5 Å². The standard InChI is InChI=1S/C9H15BrN2O/c1-5-6-7(10)8(13)12(11-6)9(2,3)4/h7H,5H2,1-4H3. The zero-order chi connectivity index (χ0) is 10.2. The molecule has 1 amide bonds. The van der Waals surface area contributed by atoms with Crippen LogP contribution < -0.4 is 0 Å². The molecule has 3 nitrogen and oxygen atoms in total. The van der Waals surface area contributed by atoms with Gasteiger partial charge in [0.15, 0.2) is 0 Å². The van der Waals surface area contributed by atoms with E-state index < -0.39 is 0 Å². The van der Waals surface area contributed by atoms with Crippen molar-refractivity contribution < 1.29 is 4.79 Å². The summed E-state index contributed by atoms with van der Waals surface area (Å²) in [4.78, 5) is 11.5. The topological polar surface area (TPSA) is 32.7 Å². The second kappa shape index (κ2) is 3.40. The maximum absolute atomic E-state index is 11.7. The molecular weight excluding hydrogens is 232 g/mol. The second-order valence-electron chi connectivity index (χ2n) is 4.13. The maximum Gasteiger partial charge on any atom is 0.262 e. The number of nitrogens with zero attached hydrogens (tertiary/aromatic N) is 2. The van der Waals surface area contributed by atoms with Gasteiger partial charge in [0.2, 0.25) is 0 Å². The molecule has 4 heteroatoms. The van der Waals surface area contributed by atoms with Crippen molar-refractivity contribution in [2.24, 2.45) is 5.10 Å². The van der Waals surface area contributed by atoms with Crippen molar-refractivity contribution >= 4 is 27.5 Å². The Morgan fingerprint density at radius 1 is 1.54 bits per heavy atom. The van der Waals surface area contributed by atoms with Crippen LogP contribution in [0.15, 0.2) is 5.10 Å². The lowest BCUT2D eigenvalue weighted by molar-refractivity contribution is -0.132. The first kappa shape index (κ1) is 10.7. The normalized spacial score (nSPS) is 23.8. The molecule has 0 aromatic carbocycles. The average molecular weight is 247 g/mol. The lowest BCUT2D eigenvalue weighted by Gasteiger charge is -2.27. The van der Waals surface area contributed by atoms with E-state index in [2.05, 4.69) is 21.0 Å². The molecule has 1 aliphatic rings. The summed E-state index contributed by atoms with van der Waals surface area (Å²) in [7, 11) is 0. The molecule has 13 heavy (non-hydrogen) atoms. The lowest BCUT2D eigenvalue weighted by atomic mass is 10.1. The average Bonchev–Trinajstić information content (AvgIpc) is 2.28. The third kappa shape index (κ3) is 1.93. The molecular formula is C9H15BrN2O. The van der Waals surface area contributed by atoms with Gasteiger partial charge in [0, 0.05) is 0 Å². The molecule has 1 heterocycles. The van der Waals surface area contributed by atoms with Gasteiger partial charge in [-0.2, -0.15) is 5.10 Å². The number of amides is 1. The first-order chi connectivity index (χ1) is 5.88. The predicted octanol–water partition coefficient (Wildman–Crippen LogP) is 2.16. The molecule has 0 saturated heterocycles. The highest BCUT2D eigenvalue weighted by Crippen LogP contribution is 2.25. The molecule has 0 N–H and O–H groups in total. The van der Waals surface area contributed by atoms with Gasteiger partial charge >= 0.3 is 0 Å². The molecule has 0 bridgehead atoms. The van der Waals surface area contributed by atoms with Crippen molar-refractivity contribution in [2.75, 3.05) is 0 Å². The van der Waals surface area contributed by atoms with E-state index in [0.717, 1.165) is 12.1 Å². The van der Waals surface area contributed by atoms with Crippen LogP contribution in [0.4, 0.5) is 0 Å². The summed E-state index contributed by atoms with van der Waals surface area (Å²) in [5.74, 6) is 0.0457. The third-order valence-corrected chi connectivity index (χ3v) is 2.86. The minimum Gasteiger partial charge on any atom is -0.271 e. The Bertz CT molecular complexity index is 255. The van der Waals surface area contributed by atoms with Crippen LogP contribution in [0.25, 0.3) is 0 Å². The van der Waals surface area contributed by atoms with E-state index in [0.29, 0.717) is 0 Å². The van der Waals surface area contributed by atoms with Crippen molar-refractivity contribution in [3.8, 4) is 0 Å². The summed E-state index contributed by atoms with van der Waals surface area (Å²) in [6.07, 6.45) is 0.814. The highest BCUT2D eigenvalue weighted by molar-refractivity contribution is 9.10. The van der Waals surface area contributed by atoms with Crippen molar-refractivity contribution in [3.63, 3.8) is 0 Å².